The van der Waals surface area contributed by atoms with Gasteiger partial charge in [0.05, 0.1) is 4.11 Å². The van der Waals surface area contributed by atoms with Crippen molar-refractivity contribution in [2.24, 2.45) is 0 Å². The van der Waals surface area contributed by atoms with Crippen LogP contribution in [0.15, 0.2) is 17.1 Å². The molecule has 1 fully saturated rings. The third-order valence-electron chi connectivity index (χ3n) is 2.55. The molecule has 0 saturated carbocycles. The number of nitrogens with zero attached hydrogens (tertiary/aromatic N) is 1. The summed E-state index contributed by atoms with van der Waals surface area (Å²) in [5.74, 6) is -4.07. The molecule has 4 atom stereocenters. The largest absolute Gasteiger partial charge is 0.469 e. The smallest absolute Gasteiger partial charge is 0.385 e. The van der Waals surface area contributed by atoms with Gasteiger partial charge in [0.25, 0.3) is 11.4 Å². The molecule has 1 aliphatic rings. The molecule has 1 aromatic rings. The molecule has 124 valence electrons. The minimum absolute atomic E-state index is 0.506. The average Bonchev–Trinajstić information content (AvgIpc) is 2.59. The number of nitrogens with one attached hydrogen (secondary N) is 1. The fourth-order valence-corrected chi connectivity index (χ4v) is 2.09. The van der Waals surface area contributed by atoms with Crippen LogP contribution in [0.5, 0.6) is 0 Å². The lowest BCUT2D eigenvalue weighted by atomic mass is 10.1. The second-order valence-electron chi connectivity index (χ2n) is 4.14. The second-order valence-corrected chi connectivity index (χ2v) is 5.69. The quantitative estimate of drug-likeness (QED) is 0.333. The Morgan fingerprint density at radius 2 is 2.32 bits per heavy atom. The van der Waals surface area contributed by atoms with Crippen molar-refractivity contribution in [3.05, 3.63) is 27.4 Å². The first-order valence-electron chi connectivity index (χ1n) is 6.98. The van der Waals surface area contributed by atoms with Gasteiger partial charge in [0, 0.05) is 12.3 Å². The molecule has 0 bridgehead atoms. The fourth-order valence-electron chi connectivity index (χ4n) is 1.60. The number of aromatic nitrogens is 2. The van der Waals surface area contributed by atoms with Crippen LogP contribution in [0.1, 0.15) is 10.3 Å². The molecule has 0 spiro atoms. The first-order valence-corrected chi connectivity index (χ1v) is 7.42. The van der Waals surface area contributed by atoms with Gasteiger partial charge >= 0.3 is 7.82 Å². The highest BCUT2D eigenvalue weighted by Crippen LogP contribution is 2.43. The number of phosphoric ester groups is 1. The van der Waals surface area contributed by atoms with Gasteiger partial charge in [-0.3, -0.25) is 18.9 Å². The van der Waals surface area contributed by atoms with Crippen molar-refractivity contribution in [3.63, 3.8) is 0 Å². The van der Waals surface area contributed by atoms with Crippen molar-refractivity contribution in [1.29, 1.82) is 0 Å². The summed E-state index contributed by atoms with van der Waals surface area (Å²) in [6, 6.07) is 0.827. The van der Waals surface area contributed by atoms with E-state index in [1.807, 2.05) is 4.98 Å². The number of alkyl halides is 1. The van der Waals surface area contributed by atoms with Crippen molar-refractivity contribution in [3.8, 4) is 0 Å². The maximum atomic E-state index is 14.9. The monoisotopic (exact) mass is 361 g/mol. The summed E-state index contributed by atoms with van der Waals surface area (Å²) in [5.41, 5.74) is -0.704. The van der Waals surface area contributed by atoms with Crippen molar-refractivity contribution in [1.82, 2.24) is 9.55 Å². The molecule has 5 N–H and O–H groups in total. The Balaban J connectivity index is 2.55. The van der Waals surface area contributed by atoms with E-state index in [0.29, 0.717) is 4.57 Å². The molecule has 1 aromatic heterocycles. The van der Waals surface area contributed by atoms with Crippen LogP contribution in [0.2, 0.25) is 0 Å². The van der Waals surface area contributed by atoms with E-state index < -0.39 is 49.0 Å². The van der Waals surface area contributed by atoms with Gasteiger partial charge < -0.3 is 24.7 Å². The topological polar surface area (TPSA) is 154 Å². The van der Waals surface area contributed by atoms with Gasteiger partial charge in [-0.15, -0.1) is 0 Å². The molecular formula is C9H12FN2O8PS. The number of aliphatic hydroxyl groups is 2. The van der Waals surface area contributed by atoms with Crippen LogP contribution >= 0.6 is 20.0 Å². The van der Waals surface area contributed by atoms with Crippen LogP contribution < -0.4 is 5.56 Å². The van der Waals surface area contributed by atoms with Crippen LogP contribution in [-0.4, -0.2) is 54.2 Å². The summed E-state index contributed by atoms with van der Waals surface area (Å²) in [6.07, 6.45) is -7.46. The number of halogens is 1. The Morgan fingerprint density at radius 1 is 1.68 bits per heavy atom. The molecule has 0 aliphatic carbocycles. The third kappa shape index (κ3) is 3.50. The highest BCUT2D eigenvalue weighted by molar-refractivity contribution is 7.71. The molecule has 22 heavy (non-hydrogen) atoms. The number of phosphoric acid groups is 1. The lowest BCUT2D eigenvalue weighted by molar-refractivity contribution is -0.204. The van der Waals surface area contributed by atoms with Gasteiger partial charge in [-0.2, -0.15) is 0 Å². The standard InChI is InChI=1S/C9H12FN2O8PS/c10-9(3-19-21(16,17)18)6(15)5(14)7(20-9)12-2-1-4(13)11-8(12)22/h1-2,5-7,14-15H,3H2,(H,11,13,22)(H2,16,17,18)/t5-,6+,7-,9-/m1/s1/i3D2,7D. The lowest BCUT2D eigenvalue weighted by Gasteiger charge is -2.22. The van der Waals surface area contributed by atoms with Crippen molar-refractivity contribution in [2.45, 2.75) is 24.3 Å². The summed E-state index contributed by atoms with van der Waals surface area (Å²) in [7, 11) is -5.58. The van der Waals surface area contributed by atoms with Gasteiger partial charge in [0.1, 0.15) is 18.8 Å². The maximum Gasteiger partial charge on any atom is 0.469 e. The molecule has 0 aromatic carbocycles. The van der Waals surface area contributed by atoms with Crippen LogP contribution in [-0.2, 0) is 13.8 Å². The number of hydrogen-bond donors (Lipinski definition) is 5. The molecule has 0 amide bonds. The molecule has 1 aliphatic heterocycles. The van der Waals surface area contributed by atoms with E-state index in [1.165, 1.54) is 0 Å². The van der Waals surface area contributed by atoms with Gasteiger partial charge in [-0.25, -0.2) is 8.96 Å². The van der Waals surface area contributed by atoms with Gasteiger partial charge in [-0.05, 0) is 12.2 Å². The molecule has 0 unspecified atom stereocenters. The molecule has 2 heterocycles. The Labute approximate surface area is 131 Å². The van der Waals surface area contributed by atoms with E-state index in [0.717, 1.165) is 12.3 Å². The highest BCUT2D eigenvalue weighted by atomic mass is 32.1. The summed E-state index contributed by atoms with van der Waals surface area (Å²) in [5, 5.41) is 19.8. The summed E-state index contributed by atoms with van der Waals surface area (Å²) >= 11 is 4.74. The van der Waals surface area contributed by atoms with Crippen molar-refractivity contribution in [2.75, 3.05) is 6.56 Å². The van der Waals surface area contributed by atoms with E-state index in [-0.39, 0.29) is 0 Å². The number of H-pyrrole nitrogens is 1. The summed E-state index contributed by atoms with van der Waals surface area (Å²) < 4.78 is 56.6. The van der Waals surface area contributed by atoms with Gasteiger partial charge in [-0.1, -0.05) is 0 Å². The first-order chi connectivity index (χ1) is 11.1. The summed E-state index contributed by atoms with van der Waals surface area (Å²) in [4.78, 5) is 30.6. The second kappa shape index (κ2) is 5.91. The average molecular weight is 361 g/mol. The minimum Gasteiger partial charge on any atom is -0.385 e. The normalized spacial score (nSPS) is 38.3. The molecule has 10 nitrogen and oxygen atoms in total. The van der Waals surface area contributed by atoms with Crippen LogP contribution in [0.25, 0.3) is 0 Å². The lowest BCUT2D eigenvalue weighted by Crippen LogP contribution is -2.42. The maximum absolute atomic E-state index is 14.9. The number of rotatable bonds is 4. The number of aromatic amines is 1. The molecular weight excluding hydrogens is 346 g/mol. The first kappa shape index (κ1) is 13.5. The number of aliphatic hydroxyl groups excluding tert-OH is 2. The predicted molar refractivity (Wildman–Crippen MR) is 69.9 cm³/mol. The van der Waals surface area contributed by atoms with Crippen LogP contribution in [0, 0.1) is 4.77 Å². The summed E-state index contributed by atoms with van der Waals surface area (Å²) in [6.45, 7) is -3.97. The Hall–Kier alpha value is -0.980. The Kier molecular flexibility index (Phi) is 3.61. The van der Waals surface area contributed by atoms with Crippen molar-refractivity contribution < 1.29 is 42.3 Å². The van der Waals surface area contributed by atoms with E-state index in [4.69, 9.17) is 26.1 Å². The van der Waals surface area contributed by atoms with Gasteiger partial charge in [0.2, 0.25) is 0 Å². The van der Waals surface area contributed by atoms with Crippen LogP contribution in [0.4, 0.5) is 4.39 Å². The Bertz CT molecular complexity index is 847. The van der Waals surface area contributed by atoms with E-state index in [2.05, 4.69) is 9.26 Å². The minimum atomic E-state index is -5.58. The van der Waals surface area contributed by atoms with E-state index in [1.54, 1.807) is 0 Å². The highest BCUT2D eigenvalue weighted by Gasteiger charge is 2.56. The number of hydrogen-bond acceptors (Lipinski definition) is 7. The number of ether oxygens (including phenoxy) is 1. The zero-order valence-electron chi connectivity index (χ0n) is 13.4. The molecule has 13 heteroatoms. The molecule has 0 radical (unpaired) electrons. The van der Waals surface area contributed by atoms with E-state index >= 15 is 0 Å². The van der Waals surface area contributed by atoms with Gasteiger partial charge in [0.15, 0.2) is 11.0 Å². The van der Waals surface area contributed by atoms with E-state index in [9.17, 15) is 24.0 Å². The fraction of sp³-hybridized carbons (Fsp3) is 0.556. The van der Waals surface area contributed by atoms with Crippen molar-refractivity contribution >= 4 is 20.0 Å². The molecule has 1 saturated heterocycles. The Morgan fingerprint density at radius 3 is 2.86 bits per heavy atom. The molecule has 2 rings (SSSR count). The zero-order valence-corrected chi connectivity index (χ0v) is 12.1. The van der Waals surface area contributed by atoms with Crippen LogP contribution in [0.3, 0.4) is 0 Å². The zero-order chi connectivity index (χ0) is 19.4. The third-order valence-corrected chi connectivity index (χ3v) is 3.18. The SMILES string of the molecule is [2H]C([2H])(OP(=O)(O)O)[C@@]1(F)O[C@@]([2H])(n2ccc(=O)[nH]c2=S)[C@H](O)[C@@H]1O. The predicted octanol–water partition coefficient (Wildman–Crippen LogP) is -1.07.